The standard InChI is InChI=1S/C13H26N4O3/c1-10(2)8-11(12(18)19)9-14-13(20)15-17-6-4-16(3)5-7-17/h10-11H,4-9H2,1-3H3,(H,18,19)(H2,14,15,20). The molecule has 0 radical (unpaired) electrons. The van der Waals surface area contributed by atoms with Crippen LogP contribution in [0, 0.1) is 11.8 Å². The van der Waals surface area contributed by atoms with E-state index in [2.05, 4.69) is 15.6 Å². The van der Waals surface area contributed by atoms with Gasteiger partial charge < -0.3 is 15.3 Å². The first-order chi connectivity index (χ1) is 9.38. The van der Waals surface area contributed by atoms with Gasteiger partial charge in [0.25, 0.3) is 0 Å². The summed E-state index contributed by atoms with van der Waals surface area (Å²) in [5.74, 6) is -1.11. The Bertz CT molecular complexity index is 328. The molecule has 0 aromatic rings. The monoisotopic (exact) mass is 286 g/mol. The molecule has 7 nitrogen and oxygen atoms in total. The smallest absolute Gasteiger partial charge is 0.329 e. The van der Waals surface area contributed by atoms with Gasteiger partial charge >= 0.3 is 12.0 Å². The van der Waals surface area contributed by atoms with Crippen LogP contribution in [0.4, 0.5) is 4.79 Å². The second-order valence-electron chi connectivity index (χ2n) is 5.78. The summed E-state index contributed by atoms with van der Waals surface area (Å²) in [6.45, 7) is 7.47. The fourth-order valence-corrected chi connectivity index (χ4v) is 2.16. The number of aliphatic carboxylic acids is 1. The second-order valence-corrected chi connectivity index (χ2v) is 5.78. The Morgan fingerprint density at radius 1 is 1.20 bits per heavy atom. The lowest BCUT2D eigenvalue weighted by Gasteiger charge is -2.32. The van der Waals surface area contributed by atoms with Crippen LogP contribution in [0.25, 0.3) is 0 Å². The molecule has 3 N–H and O–H groups in total. The van der Waals surface area contributed by atoms with Gasteiger partial charge in [-0.25, -0.2) is 9.80 Å². The molecule has 1 unspecified atom stereocenters. The number of carboxylic acids is 1. The number of piperazine rings is 1. The molecular formula is C13H26N4O3. The highest BCUT2D eigenvalue weighted by atomic mass is 16.4. The molecule has 116 valence electrons. The van der Waals surface area contributed by atoms with Gasteiger partial charge in [-0.2, -0.15) is 0 Å². The molecule has 0 aliphatic carbocycles. The minimum atomic E-state index is -0.862. The van der Waals surface area contributed by atoms with E-state index >= 15 is 0 Å². The Labute approximate surface area is 120 Å². The maximum Gasteiger partial charge on any atom is 0.329 e. The molecule has 1 heterocycles. The molecule has 2 amide bonds. The molecule has 0 spiro atoms. The van der Waals surface area contributed by atoms with Crippen molar-refractivity contribution in [1.29, 1.82) is 0 Å². The number of rotatable bonds is 6. The number of hydrogen-bond donors (Lipinski definition) is 3. The lowest BCUT2D eigenvalue weighted by atomic mass is 9.97. The topological polar surface area (TPSA) is 84.9 Å². The van der Waals surface area contributed by atoms with Gasteiger partial charge in [-0.1, -0.05) is 13.8 Å². The van der Waals surface area contributed by atoms with Gasteiger partial charge in [-0.15, -0.1) is 0 Å². The molecule has 1 rings (SSSR count). The van der Waals surface area contributed by atoms with Gasteiger partial charge in [0.05, 0.1) is 5.92 Å². The fraction of sp³-hybridized carbons (Fsp3) is 0.846. The molecule has 0 aromatic heterocycles. The van der Waals surface area contributed by atoms with E-state index in [0.29, 0.717) is 12.3 Å². The van der Waals surface area contributed by atoms with Crippen LogP contribution in [0.3, 0.4) is 0 Å². The zero-order valence-electron chi connectivity index (χ0n) is 12.6. The van der Waals surface area contributed by atoms with Crippen LogP contribution < -0.4 is 10.7 Å². The molecule has 1 atom stereocenters. The summed E-state index contributed by atoms with van der Waals surface area (Å²) in [6, 6.07) is -0.329. The zero-order valence-corrected chi connectivity index (χ0v) is 12.6. The number of hydrazine groups is 1. The Hall–Kier alpha value is -1.34. The highest BCUT2D eigenvalue weighted by Gasteiger charge is 2.20. The number of amides is 2. The van der Waals surface area contributed by atoms with Gasteiger partial charge in [0.15, 0.2) is 0 Å². The van der Waals surface area contributed by atoms with Crippen LogP contribution in [-0.2, 0) is 4.79 Å². The van der Waals surface area contributed by atoms with E-state index in [1.165, 1.54) is 0 Å². The third-order valence-electron chi connectivity index (χ3n) is 3.38. The molecule has 1 fully saturated rings. The maximum absolute atomic E-state index is 11.7. The van der Waals surface area contributed by atoms with Crippen molar-refractivity contribution in [3.05, 3.63) is 0 Å². The quantitative estimate of drug-likeness (QED) is 0.649. The van der Waals surface area contributed by atoms with E-state index in [9.17, 15) is 9.59 Å². The van der Waals surface area contributed by atoms with E-state index in [0.717, 1.165) is 26.2 Å². The van der Waals surface area contributed by atoms with E-state index in [4.69, 9.17) is 5.11 Å². The predicted molar refractivity (Wildman–Crippen MR) is 76.2 cm³/mol. The molecule has 7 heteroatoms. The van der Waals surface area contributed by atoms with Crippen molar-refractivity contribution in [1.82, 2.24) is 20.7 Å². The molecule has 1 aliphatic heterocycles. The van der Waals surface area contributed by atoms with Crippen LogP contribution in [0.5, 0.6) is 0 Å². The van der Waals surface area contributed by atoms with E-state index in [1.54, 1.807) is 0 Å². The zero-order chi connectivity index (χ0) is 15.1. The molecule has 1 aliphatic rings. The van der Waals surface area contributed by atoms with Crippen LogP contribution in [0.2, 0.25) is 0 Å². The average Bonchev–Trinajstić information content (AvgIpc) is 2.36. The Kier molecular flexibility index (Phi) is 6.74. The number of carbonyl (C=O) groups excluding carboxylic acids is 1. The van der Waals surface area contributed by atoms with Crippen LogP contribution >= 0.6 is 0 Å². The third-order valence-corrected chi connectivity index (χ3v) is 3.38. The molecule has 0 aromatic carbocycles. The lowest BCUT2D eigenvalue weighted by molar-refractivity contribution is -0.142. The van der Waals surface area contributed by atoms with Crippen molar-refractivity contribution in [2.75, 3.05) is 39.8 Å². The van der Waals surface area contributed by atoms with E-state index in [-0.39, 0.29) is 12.6 Å². The summed E-state index contributed by atoms with van der Waals surface area (Å²) in [5.41, 5.74) is 2.75. The minimum Gasteiger partial charge on any atom is -0.481 e. The first-order valence-corrected chi connectivity index (χ1v) is 7.09. The van der Waals surface area contributed by atoms with Gasteiger partial charge in [0.2, 0.25) is 0 Å². The number of carboxylic acid groups (broad SMARTS) is 1. The highest BCUT2D eigenvalue weighted by Crippen LogP contribution is 2.10. The third kappa shape index (κ3) is 6.21. The van der Waals surface area contributed by atoms with E-state index in [1.807, 2.05) is 25.9 Å². The maximum atomic E-state index is 11.7. The van der Waals surface area contributed by atoms with Gasteiger partial charge in [-0.3, -0.25) is 10.2 Å². The summed E-state index contributed by atoms with van der Waals surface area (Å²) in [4.78, 5) is 25.0. The number of nitrogens with one attached hydrogen (secondary N) is 2. The minimum absolute atomic E-state index is 0.160. The van der Waals surface area contributed by atoms with Gasteiger partial charge in [0.1, 0.15) is 0 Å². The first kappa shape index (κ1) is 16.7. The van der Waals surface area contributed by atoms with Crippen molar-refractivity contribution < 1.29 is 14.7 Å². The molecular weight excluding hydrogens is 260 g/mol. The molecule has 0 saturated carbocycles. The average molecular weight is 286 g/mol. The Balaban J connectivity index is 2.29. The predicted octanol–water partition coefficient (Wildman–Crippen LogP) is 0.195. The van der Waals surface area contributed by atoms with Crippen LogP contribution in [-0.4, -0.2) is 66.8 Å². The second kappa shape index (κ2) is 8.06. The molecule has 20 heavy (non-hydrogen) atoms. The normalized spacial score (nSPS) is 18.8. The largest absolute Gasteiger partial charge is 0.481 e. The van der Waals surface area contributed by atoms with Crippen molar-refractivity contribution in [3.8, 4) is 0 Å². The van der Waals surface area contributed by atoms with E-state index < -0.39 is 11.9 Å². The number of carbonyl (C=O) groups is 2. The van der Waals surface area contributed by atoms with Crippen molar-refractivity contribution in [3.63, 3.8) is 0 Å². The Morgan fingerprint density at radius 2 is 1.80 bits per heavy atom. The summed E-state index contributed by atoms with van der Waals surface area (Å²) < 4.78 is 0. The highest BCUT2D eigenvalue weighted by molar-refractivity contribution is 5.75. The van der Waals surface area contributed by atoms with Crippen molar-refractivity contribution in [2.24, 2.45) is 11.8 Å². The SMILES string of the molecule is CC(C)CC(CNC(=O)NN1CCN(C)CC1)C(=O)O. The van der Waals surface area contributed by atoms with Crippen molar-refractivity contribution in [2.45, 2.75) is 20.3 Å². The molecule has 0 bridgehead atoms. The first-order valence-electron chi connectivity index (χ1n) is 7.09. The molecule has 1 saturated heterocycles. The van der Waals surface area contributed by atoms with Crippen LogP contribution in [0.1, 0.15) is 20.3 Å². The number of nitrogens with zero attached hydrogens (tertiary/aromatic N) is 2. The van der Waals surface area contributed by atoms with Gasteiger partial charge in [0, 0.05) is 32.7 Å². The lowest BCUT2D eigenvalue weighted by Crippen LogP contribution is -2.55. The summed E-state index contributed by atoms with van der Waals surface area (Å²) in [7, 11) is 2.04. The Morgan fingerprint density at radius 3 is 2.30 bits per heavy atom. The van der Waals surface area contributed by atoms with Crippen molar-refractivity contribution >= 4 is 12.0 Å². The van der Waals surface area contributed by atoms with Gasteiger partial charge in [-0.05, 0) is 19.4 Å². The number of likely N-dealkylation sites (N-methyl/N-ethyl adjacent to an activating group) is 1. The number of hydrogen-bond acceptors (Lipinski definition) is 4. The summed E-state index contributed by atoms with van der Waals surface area (Å²) in [6.07, 6.45) is 0.560. The summed E-state index contributed by atoms with van der Waals surface area (Å²) >= 11 is 0. The fourth-order valence-electron chi connectivity index (χ4n) is 2.16. The van der Waals surface area contributed by atoms with Crippen LogP contribution in [0.15, 0.2) is 0 Å². The summed E-state index contributed by atoms with van der Waals surface area (Å²) in [5, 5.41) is 13.6. The number of urea groups is 1.